The summed E-state index contributed by atoms with van der Waals surface area (Å²) in [7, 11) is 0. The molecule has 0 saturated heterocycles. The minimum atomic E-state index is 0.579. The molecule has 238 valence electrons. The van der Waals surface area contributed by atoms with Gasteiger partial charge in [-0.2, -0.15) is 0 Å². The smallest absolute Gasteiger partial charge is 0.164 e. The zero-order valence-corrected chi connectivity index (χ0v) is 27.8. The van der Waals surface area contributed by atoms with Crippen molar-refractivity contribution in [1.82, 2.24) is 15.0 Å². The van der Waals surface area contributed by atoms with E-state index < -0.39 is 0 Å². The van der Waals surface area contributed by atoms with Crippen LogP contribution in [-0.4, -0.2) is 15.0 Å². The molecule has 0 aliphatic carbocycles. The van der Waals surface area contributed by atoms with E-state index in [0.29, 0.717) is 17.5 Å². The number of para-hydroxylation sites is 1. The lowest BCUT2D eigenvalue weighted by atomic mass is 9.98. The van der Waals surface area contributed by atoms with E-state index in [0.717, 1.165) is 60.6 Å². The quantitative estimate of drug-likeness (QED) is 0.186. The fourth-order valence-corrected chi connectivity index (χ4v) is 8.45. The third-order valence-electron chi connectivity index (χ3n) is 9.75. The second-order valence-electron chi connectivity index (χ2n) is 12.8. The molecule has 7 aromatic carbocycles. The third kappa shape index (κ3) is 4.50. The van der Waals surface area contributed by atoms with E-state index in [1.165, 1.54) is 31.3 Å². The van der Waals surface area contributed by atoms with Crippen LogP contribution in [-0.2, 0) is 0 Å². The summed E-state index contributed by atoms with van der Waals surface area (Å²) in [5.74, 6) is 1.78. The molecule has 4 aromatic heterocycles. The Labute approximate surface area is 295 Å². The van der Waals surface area contributed by atoms with Crippen LogP contribution in [0.15, 0.2) is 160 Å². The minimum absolute atomic E-state index is 0.579. The van der Waals surface area contributed by atoms with E-state index in [9.17, 15) is 0 Å². The van der Waals surface area contributed by atoms with Crippen molar-refractivity contribution in [3.63, 3.8) is 0 Å². The number of rotatable bonds is 4. The summed E-state index contributed by atoms with van der Waals surface area (Å²) < 4.78 is 15.2. The van der Waals surface area contributed by atoms with E-state index in [-0.39, 0.29) is 0 Å². The molecule has 0 bridgehead atoms. The zero-order chi connectivity index (χ0) is 33.5. The Balaban J connectivity index is 1.05. The number of hydrogen-bond acceptors (Lipinski definition) is 6. The molecule has 6 heteroatoms. The highest BCUT2D eigenvalue weighted by atomic mass is 32.1. The largest absolute Gasteiger partial charge is 0.456 e. The van der Waals surface area contributed by atoms with Gasteiger partial charge < -0.3 is 8.83 Å². The highest BCUT2D eigenvalue weighted by molar-refractivity contribution is 7.25. The first-order valence-corrected chi connectivity index (χ1v) is 17.7. The van der Waals surface area contributed by atoms with Gasteiger partial charge in [-0.1, -0.05) is 91.0 Å². The van der Waals surface area contributed by atoms with E-state index >= 15 is 0 Å². The fraction of sp³-hybridized carbons (Fsp3) is 0. The van der Waals surface area contributed by atoms with E-state index in [1.54, 1.807) is 0 Å². The van der Waals surface area contributed by atoms with Gasteiger partial charge in [-0.05, 0) is 71.8 Å². The average molecular weight is 672 g/mol. The minimum Gasteiger partial charge on any atom is -0.456 e. The number of furan rings is 2. The molecule has 0 unspecified atom stereocenters. The normalized spacial score (nSPS) is 11.9. The van der Waals surface area contributed by atoms with Crippen LogP contribution in [0.25, 0.3) is 109 Å². The maximum Gasteiger partial charge on any atom is 0.164 e. The molecular formula is C45H25N3O2S. The molecule has 0 atom stereocenters. The highest BCUT2D eigenvalue weighted by Gasteiger charge is 2.17. The van der Waals surface area contributed by atoms with Crippen LogP contribution >= 0.6 is 11.3 Å². The van der Waals surface area contributed by atoms with Crippen LogP contribution in [0.1, 0.15) is 0 Å². The molecule has 5 nitrogen and oxygen atoms in total. The van der Waals surface area contributed by atoms with Crippen LogP contribution in [0.5, 0.6) is 0 Å². The topological polar surface area (TPSA) is 65.0 Å². The van der Waals surface area contributed by atoms with Gasteiger partial charge in [0.05, 0.1) is 0 Å². The van der Waals surface area contributed by atoms with E-state index in [1.807, 2.05) is 78.1 Å². The van der Waals surface area contributed by atoms with Crippen molar-refractivity contribution < 1.29 is 8.83 Å². The SMILES string of the molecule is c1ccc(-c2nc(-c3ccc4c(c3)oc3ccc(-c5cccc6sc7ccccc7c56)cc34)nc(-c3ccc4oc5ccccc5c4c3)n2)cc1. The summed E-state index contributed by atoms with van der Waals surface area (Å²) >= 11 is 1.84. The number of fused-ring (bicyclic) bond motifs is 9. The highest BCUT2D eigenvalue weighted by Crippen LogP contribution is 2.42. The van der Waals surface area contributed by atoms with Crippen LogP contribution in [0, 0.1) is 0 Å². The molecule has 4 heterocycles. The summed E-state index contributed by atoms with van der Waals surface area (Å²) in [6, 6.07) is 52.2. The summed E-state index contributed by atoms with van der Waals surface area (Å²) in [5.41, 5.74) is 8.37. The molecule has 11 aromatic rings. The Morgan fingerprint density at radius 2 is 0.922 bits per heavy atom. The van der Waals surface area contributed by atoms with Gasteiger partial charge in [0.1, 0.15) is 22.3 Å². The van der Waals surface area contributed by atoms with Crippen molar-refractivity contribution in [3.8, 4) is 45.3 Å². The molecule has 0 spiro atoms. The van der Waals surface area contributed by atoms with Crippen LogP contribution in [0.3, 0.4) is 0 Å². The predicted molar refractivity (Wildman–Crippen MR) is 209 cm³/mol. The Kier molecular flexibility index (Phi) is 6.05. The van der Waals surface area contributed by atoms with Gasteiger partial charge in [0, 0.05) is 58.4 Å². The monoisotopic (exact) mass is 671 g/mol. The Morgan fingerprint density at radius 3 is 1.75 bits per heavy atom. The van der Waals surface area contributed by atoms with Gasteiger partial charge in [0.25, 0.3) is 0 Å². The molecule has 0 saturated carbocycles. The predicted octanol–water partition coefficient (Wildman–Crippen LogP) is 12.7. The van der Waals surface area contributed by atoms with Crippen LogP contribution in [0.4, 0.5) is 0 Å². The average Bonchev–Trinajstić information content (AvgIpc) is 3.88. The van der Waals surface area contributed by atoms with Crippen molar-refractivity contribution >= 4 is 75.4 Å². The van der Waals surface area contributed by atoms with Crippen molar-refractivity contribution in [1.29, 1.82) is 0 Å². The first-order chi connectivity index (χ1) is 25.2. The lowest BCUT2D eigenvalue weighted by molar-refractivity contribution is 0.668. The molecule has 11 rings (SSSR count). The molecule has 0 amide bonds. The van der Waals surface area contributed by atoms with Crippen molar-refractivity contribution in [2.24, 2.45) is 0 Å². The first-order valence-electron chi connectivity index (χ1n) is 16.8. The molecule has 0 aliphatic rings. The maximum absolute atomic E-state index is 6.48. The van der Waals surface area contributed by atoms with Gasteiger partial charge in [0.2, 0.25) is 0 Å². The Morgan fingerprint density at radius 1 is 0.353 bits per heavy atom. The van der Waals surface area contributed by atoms with Crippen LogP contribution < -0.4 is 0 Å². The molecular weight excluding hydrogens is 647 g/mol. The fourth-order valence-electron chi connectivity index (χ4n) is 7.31. The van der Waals surface area contributed by atoms with Gasteiger partial charge in [-0.3, -0.25) is 0 Å². The standard InChI is InChI=1S/C45H25N3O2S/c1-2-9-26(10-3-1)43-46-44(28-19-22-37-35(24-28)31-11-4-6-14-36(31)49-37)48-45(47-43)29-17-20-32-34-23-27(18-21-38(34)50-39(32)25-29)30-13-8-16-41-42(30)33-12-5-7-15-40(33)51-41/h1-25H. The summed E-state index contributed by atoms with van der Waals surface area (Å²) in [5, 5.41) is 6.80. The van der Waals surface area contributed by atoms with Gasteiger partial charge >= 0.3 is 0 Å². The number of aromatic nitrogens is 3. The summed E-state index contributed by atoms with van der Waals surface area (Å²) in [4.78, 5) is 15.0. The second kappa shape index (κ2) is 10.9. The number of thiophene rings is 1. The molecule has 0 fully saturated rings. The number of benzene rings is 7. The van der Waals surface area contributed by atoms with E-state index in [2.05, 4.69) is 84.9 Å². The first kappa shape index (κ1) is 28.2. The lowest BCUT2D eigenvalue weighted by Gasteiger charge is -2.08. The zero-order valence-electron chi connectivity index (χ0n) is 27.0. The van der Waals surface area contributed by atoms with Gasteiger partial charge in [-0.25, -0.2) is 15.0 Å². The lowest BCUT2D eigenvalue weighted by Crippen LogP contribution is -2.00. The van der Waals surface area contributed by atoms with Gasteiger partial charge in [0.15, 0.2) is 17.5 Å². The molecule has 0 aliphatic heterocycles. The van der Waals surface area contributed by atoms with Crippen molar-refractivity contribution in [2.75, 3.05) is 0 Å². The van der Waals surface area contributed by atoms with Crippen molar-refractivity contribution in [2.45, 2.75) is 0 Å². The Hall–Kier alpha value is -6.63. The second-order valence-corrected chi connectivity index (χ2v) is 13.9. The van der Waals surface area contributed by atoms with Crippen molar-refractivity contribution in [3.05, 3.63) is 152 Å². The summed E-state index contributed by atoms with van der Waals surface area (Å²) in [6.45, 7) is 0. The molecule has 51 heavy (non-hydrogen) atoms. The molecule has 0 N–H and O–H groups in total. The maximum atomic E-state index is 6.48. The third-order valence-corrected chi connectivity index (χ3v) is 10.9. The summed E-state index contributed by atoms with van der Waals surface area (Å²) in [6.07, 6.45) is 0. The van der Waals surface area contributed by atoms with Gasteiger partial charge in [-0.15, -0.1) is 11.3 Å². The van der Waals surface area contributed by atoms with E-state index in [4.69, 9.17) is 23.8 Å². The van der Waals surface area contributed by atoms with Crippen LogP contribution in [0.2, 0.25) is 0 Å². The Bertz CT molecular complexity index is 3160. The number of nitrogens with zero attached hydrogens (tertiary/aromatic N) is 3. The number of hydrogen-bond donors (Lipinski definition) is 0. The molecule has 0 radical (unpaired) electrons.